The Hall–Kier alpha value is -3.76. The van der Waals surface area contributed by atoms with Crippen LogP contribution >= 0.6 is 0 Å². The molecule has 0 bridgehead atoms. The van der Waals surface area contributed by atoms with Crippen molar-refractivity contribution in [3.63, 3.8) is 0 Å². The molecule has 0 unspecified atom stereocenters. The molecule has 4 rings (SSSR count). The molecule has 0 saturated heterocycles. The zero-order valence-corrected chi connectivity index (χ0v) is 17.3. The summed E-state index contributed by atoms with van der Waals surface area (Å²) >= 11 is 0. The molecule has 0 radical (unpaired) electrons. The number of aryl methyl sites for hydroxylation is 1. The van der Waals surface area contributed by atoms with Gasteiger partial charge in [-0.1, -0.05) is 0 Å². The van der Waals surface area contributed by atoms with Crippen molar-refractivity contribution in [1.82, 2.24) is 24.6 Å². The van der Waals surface area contributed by atoms with E-state index in [1.54, 1.807) is 18.7 Å². The Morgan fingerprint density at radius 3 is 2.53 bits per heavy atom. The van der Waals surface area contributed by atoms with Crippen LogP contribution in [0.25, 0.3) is 21.8 Å². The van der Waals surface area contributed by atoms with Gasteiger partial charge in [-0.3, -0.25) is 14.5 Å². The zero-order chi connectivity index (χ0) is 23.4. The number of benzene rings is 1. The van der Waals surface area contributed by atoms with Gasteiger partial charge in [0.15, 0.2) is 0 Å². The van der Waals surface area contributed by atoms with Gasteiger partial charge in [0.1, 0.15) is 11.6 Å². The lowest BCUT2D eigenvalue weighted by Crippen LogP contribution is -2.31. The van der Waals surface area contributed by atoms with Crippen LogP contribution in [0.2, 0.25) is 0 Å². The predicted molar refractivity (Wildman–Crippen MR) is 110 cm³/mol. The van der Waals surface area contributed by atoms with E-state index in [2.05, 4.69) is 15.1 Å². The number of amides is 1. The second-order valence-electron chi connectivity index (χ2n) is 7.44. The van der Waals surface area contributed by atoms with Crippen molar-refractivity contribution in [2.75, 3.05) is 12.8 Å². The lowest BCUT2D eigenvalue weighted by Gasteiger charge is -2.25. The quantitative estimate of drug-likeness (QED) is 0.479. The van der Waals surface area contributed by atoms with Gasteiger partial charge >= 0.3 is 6.18 Å². The van der Waals surface area contributed by atoms with Crippen molar-refractivity contribution in [3.05, 3.63) is 59.3 Å². The molecule has 0 aliphatic carbocycles. The van der Waals surface area contributed by atoms with Crippen LogP contribution in [0.3, 0.4) is 0 Å². The number of fused-ring (bicyclic) bond motifs is 3. The number of nitrogens with zero attached hydrogens (tertiary/aromatic N) is 5. The van der Waals surface area contributed by atoms with Crippen molar-refractivity contribution < 1.29 is 22.4 Å². The summed E-state index contributed by atoms with van der Waals surface area (Å²) in [5.74, 6) is -1.26. The number of rotatable bonds is 3. The topological polar surface area (TPSA) is 89.9 Å². The molecule has 11 heteroatoms. The van der Waals surface area contributed by atoms with Crippen LogP contribution in [0.15, 0.2) is 36.7 Å². The molecule has 1 aromatic carbocycles. The number of aromatic nitrogens is 4. The Kier molecular flexibility index (Phi) is 4.99. The number of alkyl halides is 3. The number of carbonyl (C=O) groups excluding carboxylic acids is 1. The third kappa shape index (κ3) is 3.49. The molecule has 1 amide bonds. The number of carbonyl (C=O) groups is 1. The number of halogens is 4. The Labute approximate surface area is 179 Å². The van der Waals surface area contributed by atoms with Gasteiger partial charge in [-0.25, -0.2) is 9.37 Å². The van der Waals surface area contributed by atoms with Crippen LogP contribution in [0.5, 0.6) is 0 Å². The van der Waals surface area contributed by atoms with E-state index in [1.807, 2.05) is 0 Å². The Morgan fingerprint density at radius 2 is 1.91 bits per heavy atom. The number of anilines is 1. The highest BCUT2D eigenvalue weighted by molar-refractivity contribution is 6.10. The monoisotopic (exact) mass is 446 g/mol. The van der Waals surface area contributed by atoms with Crippen molar-refractivity contribution in [2.24, 2.45) is 7.05 Å². The number of hydrogen-bond acceptors (Lipinski definition) is 5. The Balaban J connectivity index is 1.72. The second kappa shape index (κ2) is 7.43. The first-order valence-corrected chi connectivity index (χ1v) is 9.49. The Bertz CT molecular complexity index is 1350. The maximum absolute atomic E-state index is 14.8. The Morgan fingerprint density at radius 1 is 1.19 bits per heavy atom. The third-order valence-corrected chi connectivity index (χ3v) is 5.47. The van der Waals surface area contributed by atoms with Crippen molar-refractivity contribution in [2.45, 2.75) is 19.1 Å². The molecule has 4 aromatic rings. The van der Waals surface area contributed by atoms with Crippen LogP contribution in [0.4, 0.5) is 23.4 Å². The van der Waals surface area contributed by atoms with Crippen LogP contribution in [0.1, 0.15) is 34.6 Å². The molecule has 0 spiro atoms. The molecular weight excluding hydrogens is 428 g/mol. The van der Waals surface area contributed by atoms with Gasteiger partial charge < -0.3 is 10.6 Å². The highest BCUT2D eigenvalue weighted by Gasteiger charge is 2.31. The number of nitrogen functional groups attached to an aromatic ring is 1. The van der Waals surface area contributed by atoms with Crippen LogP contribution < -0.4 is 5.73 Å². The van der Waals surface area contributed by atoms with E-state index in [-0.39, 0.29) is 22.6 Å². The summed E-state index contributed by atoms with van der Waals surface area (Å²) in [7, 11) is 3.12. The lowest BCUT2D eigenvalue weighted by molar-refractivity contribution is -0.137. The fourth-order valence-electron chi connectivity index (χ4n) is 3.53. The summed E-state index contributed by atoms with van der Waals surface area (Å²) in [6, 6.07) is 3.89. The van der Waals surface area contributed by atoms with E-state index in [1.165, 1.54) is 30.3 Å². The molecule has 2 N–H and O–H groups in total. The zero-order valence-electron chi connectivity index (χ0n) is 17.3. The molecule has 3 aromatic heterocycles. The van der Waals surface area contributed by atoms with E-state index in [0.717, 1.165) is 12.1 Å². The summed E-state index contributed by atoms with van der Waals surface area (Å²) in [5, 5.41) is 5.21. The van der Waals surface area contributed by atoms with E-state index >= 15 is 0 Å². The summed E-state index contributed by atoms with van der Waals surface area (Å²) in [4.78, 5) is 22.3. The number of pyridine rings is 2. The molecule has 0 aliphatic heterocycles. The first kappa shape index (κ1) is 21.5. The number of nitrogens with two attached hydrogens (primary N) is 1. The molecule has 0 fully saturated rings. The molecule has 0 saturated carbocycles. The van der Waals surface area contributed by atoms with Gasteiger partial charge in [-0.15, -0.1) is 0 Å². The highest BCUT2D eigenvalue weighted by atomic mass is 19.4. The van der Waals surface area contributed by atoms with Crippen LogP contribution in [-0.4, -0.2) is 37.6 Å². The average Bonchev–Trinajstić information content (AvgIpc) is 3.14. The molecule has 7 nitrogen and oxygen atoms in total. The predicted octanol–water partition coefficient (Wildman–Crippen LogP) is 4.09. The van der Waals surface area contributed by atoms with E-state index < -0.39 is 29.5 Å². The molecule has 3 heterocycles. The third-order valence-electron chi connectivity index (χ3n) is 5.47. The maximum Gasteiger partial charge on any atom is 0.417 e. The average molecular weight is 446 g/mol. The largest absolute Gasteiger partial charge is 0.417 e. The molecule has 32 heavy (non-hydrogen) atoms. The minimum absolute atomic E-state index is 0.193. The van der Waals surface area contributed by atoms with Gasteiger partial charge in [0.25, 0.3) is 5.91 Å². The van der Waals surface area contributed by atoms with Gasteiger partial charge in [0.05, 0.1) is 45.5 Å². The summed E-state index contributed by atoms with van der Waals surface area (Å²) < 4.78 is 54.7. The van der Waals surface area contributed by atoms with Crippen molar-refractivity contribution in [1.29, 1.82) is 0 Å². The fourth-order valence-corrected chi connectivity index (χ4v) is 3.53. The van der Waals surface area contributed by atoms with Gasteiger partial charge in [0, 0.05) is 31.7 Å². The van der Waals surface area contributed by atoms with E-state index in [0.29, 0.717) is 22.5 Å². The van der Waals surface area contributed by atoms with E-state index in [4.69, 9.17) is 5.73 Å². The van der Waals surface area contributed by atoms with Gasteiger partial charge in [-0.05, 0) is 25.1 Å². The second-order valence-corrected chi connectivity index (χ2v) is 7.44. The normalized spacial score (nSPS) is 13.0. The van der Waals surface area contributed by atoms with Crippen molar-refractivity contribution >= 4 is 33.5 Å². The molecule has 1 atom stereocenters. The lowest BCUT2D eigenvalue weighted by atomic mass is 10.1. The summed E-state index contributed by atoms with van der Waals surface area (Å²) in [6.45, 7) is 1.59. The van der Waals surface area contributed by atoms with Crippen LogP contribution in [0, 0.1) is 5.82 Å². The molecule has 166 valence electrons. The summed E-state index contributed by atoms with van der Waals surface area (Å²) in [6.07, 6.45) is -2.28. The van der Waals surface area contributed by atoms with E-state index in [9.17, 15) is 22.4 Å². The smallest absolute Gasteiger partial charge is 0.383 e. The first-order valence-electron chi connectivity index (χ1n) is 9.49. The first-order chi connectivity index (χ1) is 15.0. The standard InChI is InChI=1S/C21H18F4N6O/c1-10(16-5-4-11(8-27-16)21(23,24)25)30(2)20(32)12-6-13-17(7-15(12)22)29-19(26)14-9-28-31(3)18(13)14/h4-10H,1-3H3,(H2,26,29)/t10-/m0/s1. The maximum atomic E-state index is 14.8. The SMILES string of the molecule is C[C@@H](c1ccc(C(F)(F)F)cn1)N(C)C(=O)c1cc2c(cc1F)nc(N)c1cnn(C)c12. The van der Waals surface area contributed by atoms with Crippen LogP contribution in [-0.2, 0) is 13.2 Å². The summed E-state index contributed by atoms with van der Waals surface area (Å²) in [5.41, 5.74) is 5.93. The minimum Gasteiger partial charge on any atom is -0.383 e. The van der Waals surface area contributed by atoms with Crippen molar-refractivity contribution in [3.8, 4) is 0 Å². The van der Waals surface area contributed by atoms with Gasteiger partial charge in [0.2, 0.25) is 0 Å². The molecular formula is C21H18F4N6O. The van der Waals surface area contributed by atoms with Gasteiger partial charge in [-0.2, -0.15) is 18.3 Å². The number of hydrogen-bond donors (Lipinski definition) is 1. The molecule has 0 aliphatic rings. The fraction of sp³-hybridized carbons (Fsp3) is 0.238. The minimum atomic E-state index is -4.51. The highest BCUT2D eigenvalue weighted by Crippen LogP contribution is 2.32.